The molecule has 0 amide bonds. The lowest BCUT2D eigenvalue weighted by molar-refractivity contribution is 0.213. The maximum Gasteiger partial charge on any atom is 0.0648 e. The van der Waals surface area contributed by atoms with Gasteiger partial charge in [-0.05, 0) is 48.5 Å². The quantitative estimate of drug-likeness (QED) is 0.726. The van der Waals surface area contributed by atoms with Crippen molar-refractivity contribution in [3.05, 3.63) is 11.1 Å². The number of hydrogen-bond acceptors (Lipinski definition) is 2. The van der Waals surface area contributed by atoms with Crippen LogP contribution in [-0.2, 0) is 0 Å². The fourth-order valence-electron chi connectivity index (χ4n) is 3.87. The molecule has 2 nitrogen and oxygen atoms in total. The van der Waals surface area contributed by atoms with Crippen molar-refractivity contribution in [1.82, 2.24) is 0 Å². The van der Waals surface area contributed by atoms with Gasteiger partial charge in [0.1, 0.15) is 0 Å². The molecule has 2 aliphatic rings. The largest absolute Gasteiger partial charge is 0.396 e. The van der Waals surface area contributed by atoms with Gasteiger partial charge in [-0.3, -0.25) is 0 Å². The van der Waals surface area contributed by atoms with Crippen LogP contribution in [0, 0.1) is 23.2 Å². The Morgan fingerprint density at radius 1 is 1.24 bits per heavy atom. The Labute approximate surface area is 105 Å². The summed E-state index contributed by atoms with van der Waals surface area (Å²) in [5.74, 6) is 1.55. The molecule has 0 heterocycles. The molecule has 2 heteroatoms. The number of hydrogen-bond donors (Lipinski definition) is 2. The van der Waals surface area contributed by atoms with Crippen molar-refractivity contribution in [2.24, 2.45) is 23.2 Å². The SMILES string of the molecule is C[C@@H]1CC[C@@H](CO)C(CO)=C2CC(C)(C)C[C@@H]21. The molecule has 1 fully saturated rings. The summed E-state index contributed by atoms with van der Waals surface area (Å²) in [5, 5.41) is 19.2. The summed E-state index contributed by atoms with van der Waals surface area (Å²) in [7, 11) is 0. The van der Waals surface area contributed by atoms with E-state index in [4.69, 9.17) is 0 Å². The third kappa shape index (κ3) is 2.43. The van der Waals surface area contributed by atoms with Crippen molar-refractivity contribution in [2.75, 3.05) is 13.2 Å². The monoisotopic (exact) mass is 238 g/mol. The third-order valence-corrected chi connectivity index (χ3v) is 4.84. The molecule has 0 bridgehead atoms. The van der Waals surface area contributed by atoms with E-state index in [-0.39, 0.29) is 19.1 Å². The lowest BCUT2D eigenvalue weighted by Crippen LogP contribution is -2.14. The Morgan fingerprint density at radius 2 is 1.94 bits per heavy atom. The van der Waals surface area contributed by atoms with Crippen molar-refractivity contribution in [2.45, 2.75) is 46.5 Å². The van der Waals surface area contributed by atoms with Crippen molar-refractivity contribution >= 4 is 0 Å². The van der Waals surface area contributed by atoms with Crippen LogP contribution in [0.5, 0.6) is 0 Å². The van der Waals surface area contributed by atoms with Gasteiger partial charge < -0.3 is 10.2 Å². The molecule has 0 aromatic heterocycles. The highest BCUT2D eigenvalue weighted by Gasteiger charge is 2.41. The van der Waals surface area contributed by atoms with Crippen LogP contribution in [0.25, 0.3) is 0 Å². The van der Waals surface area contributed by atoms with Gasteiger partial charge >= 0.3 is 0 Å². The minimum Gasteiger partial charge on any atom is -0.396 e. The van der Waals surface area contributed by atoms with E-state index in [1.165, 1.54) is 18.4 Å². The first-order chi connectivity index (χ1) is 7.98. The normalized spacial score (nSPS) is 36.9. The molecule has 17 heavy (non-hydrogen) atoms. The first-order valence-corrected chi connectivity index (χ1v) is 6.92. The maximum atomic E-state index is 9.65. The van der Waals surface area contributed by atoms with Gasteiger partial charge in [0.2, 0.25) is 0 Å². The molecule has 0 saturated heterocycles. The molecule has 0 unspecified atom stereocenters. The van der Waals surface area contributed by atoms with Crippen LogP contribution in [0.3, 0.4) is 0 Å². The number of rotatable bonds is 2. The van der Waals surface area contributed by atoms with E-state index in [1.807, 2.05) is 0 Å². The number of aliphatic hydroxyl groups is 2. The van der Waals surface area contributed by atoms with Crippen molar-refractivity contribution in [3.63, 3.8) is 0 Å². The van der Waals surface area contributed by atoms with Gasteiger partial charge in [0.25, 0.3) is 0 Å². The van der Waals surface area contributed by atoms with E-state index < -0.39 is 0 Å². The van der Waals surface area contributed by atoms with Gasteiger partial charge in [-0.25, -0.2) is 0 Å². The predicted molar refractivity (Wildman–Crippen MR) is 69.6 cm³/mol. The number of aliphatic hydroxyl groups excluding tert-OH is 2. The van der Waals surface area contributed by atoms with E-state index in [1.54, 1.807) is 0 Å². The standard InChI is InChI=1S/C15H26O2/c1-10-4-5-11(8-16)14(9-17)13-7-15(2,3)6-12(10)13/h10-12,16-17H,4-9H2,1-3H3/t10-,11+,12-/m1/s1. The molecule has 1 saturated carbocycles. The summed E-state index contributed by atoms with van der Waals surface area (Å²) in [5.41, 5.74) is 3.00. The van der Waals surface area contributed by atoms with E-state index in [0.29, 0.717) is 17.3 Å². The van der Waals surface area contributed by atoms with Crippen LogP contribution >= 0.6 is 0 Å². The van der Waals surface area contributed by atoms with E-state index >= 15 is 0 Å². The Hall–Kier alpha value is -0.340. The highest BCUT2D eigenvalue weighted by molar-refractivity contribution is 5.27. The molecule has 2 aliphatic carbocycles. The average molecular weight is 238 g/mol. The van der Waals surface area contributed by atoms with Crippen molar-refractivity contribution in [1.29, 1.82) is 0 Å². The topological polar surface area (TPSA) is 40.5 Å². The first kappa shape index (κ1) is 13.1. The Morgan fingerprint density at radius 3 is 2.53 bits per heavy atom. The van der Waals surface area contributed by atoms with Crippen LogP contribution in [0.4, 0.5) is 0 Å². The van der Waals surface area contributed by atoms with E-state index in [0.717, 1.165) is 18.4 Å². The predicted octanol–water partition coefficient (Wildman–Crippen LogP) is 2.75. The minimum absolute atomic E-state index is 0.139. The second-order valence-electron chi connectivity index (χ2n) is 6.79. The molecule has 0 aliphatic heterocycles. The van der Waals surface area contributed by atoms with Crippen LogP contribution in [0.1, 0.15) is 46.5 Å². The number of allylic oxidation sites excluding steroid dienone is 1. The van der Waals surface area contributed by atoms with Gasteiger partial charge in [0, 0.05) is 12.5 Å². The Kier molecular flexibility index (Phi) is 3.65. The van der Waals surface area contributed by atoms with Crippen molar-refractivity contribution < 1.29 is 10.2 Å². The van der Waals surface area contributed by atoms with Crippen molar-refractivity contribution in [3.8, 4) is 0 Å². The maximum absolute atomic E-state index is 9.65. The van der Waals surface area contributed by atoms with Gasteiger partial charge in [-0.2, -0.15) is 0 Å². The summed E-state index contributed by atoms with van der Waals surface area (Å²) >= 11 is 0. The van der Waals surface area contributed by atoms with Crippen LogP contribution in [0.2, 0.25) is 0 Å². The third-order valence-electron chi connectivity index (χ3n) is 4.84. The number of fused-ring (bicyclic) bond motifs is 1. The molecular weight excluding hydrogens is 212 g/mol. The molecule has 3 atom stereocenters. The summed E-state index contributed by atoms with van der Waals surface area (Å²) < 4.78 is 0. The zero-order chi connectivity index (χ0) is 12.6. The smallest absolute Gasteiger partial charge is 0.0648 e. The molecule has 0 aromatic carbocycles. The van der Waals surface area contributed by atoms with E-state index in [2.05, 4.69) is 20.8 Å². The lowest BCUT2D eigenvalue weighted by Gasteiger charge is -2.21. The summed E-state index contributed by atoms with van der Waals surface area (Å²) in [6.07, 6.45) is 4.56. The molecule has 0 spiro atoms. The first-order valence-electron chi connectivity index (χ1n) is 6.92. The molecule has 0 radical (unpaired) electrons. The second kappa shape index (κ2) is 4.74. The minimum atomic E-state index is 0.139. The molecule has 2 rings (SSSR count). The Balaban J connectivity index is 2.39. The highest BCUT2D eigenvalue weighted by Crippen LogP contribution is 2.52. The second-order valence-corrected chi connectivity index (χ2v) is 6.79. The van der Waals surface area contributed by atoms with E-state index in [9.17, 15) is 10.2 Å². The van der Waals surface area contributed by atoms with Crippen LogP contribution in [0.15, 0.2) is 11.1 Å². The van der Waals surface area contributed by atoms with Gasteiger partial charge in [0.05, 0.1) is 6.61 Å². The zero-order valence-corrected chi connectivity index (χ0v) is 11.4. The van der Waals surface area contributed by atoms with Gasteiger partial charge in [-0.1, -0.05) is 26.3 Å². The molecular formula is C15H26O2. The molecule has 2 N–H and O–H groups in total. The fraction of sp³-hybridized carbons (Fsp3) is 0.867. The lowest BCUT2D eigenvalue weighted by atomic mass is 9.84. The molecule has 0 aromatic rings. The summed E-state index contributed by atoms with van der Waals surface area (Å²) in [6.45, 7) is 7.31. The molecule has 98 valence electrons. The van der Waals surface area contributed by atoms with Gasteiger partial charge in [-0.15, -0.1) is 0 Å². The zero-order valence-electron chi connectivity index (χ0n) is 11.4. The van der Waals surface area contributed by atoms with Crippen LogP contribution in [-0.4, -0.2) is 23.4 Å². The van der Waals surface area contributed by atoms with Gasteiger partial charge in [0.15, 0.2) is 0 Å². The highest BCUT2D eigenvalue weighted by atomic mass is 16.3. The Bertz CT molecular complexity index is 317. The average Bonchev–Trinajstić information content (AvgIpc) is 2.54. The summed E-state index contributed by atoms with van der Waals surface area (Å²) in [4.78, 5) is 0. The fourth-order valence-corrected chi connectivity index (χ4v) is 3.87. The summed E-state index contributed by atoms with van der Waals surface area (Å²) in [6, 6.07) is 0. The van der Waals surface area contributed by atoms with Crippen LogP contribution < -0.4 is 0 Å².